The highest BCUT2D eigenvalue weighted by molar-refractivity contribution is 9.10. The van der Waals surface area contributed by atoms with E-state index in [1.165, 1.54) is 6.07 Å². The number of hydrogen-bond acceptors (Lipinski definition) is 2. The predicted octanol–water partition coefficient (Wildman–Crippen LogP) is 4.40. The predicted molar refractivity (Wildman–Crippen MR) is 70.6 cm³/mol. The summed E-state index contributed by atoms with van der Waals surface area (Å²) in [4.78, 5) is 0. The molecule has 2 aromatic rings. The van der Waals surface area contributed by atoms with Gasteiger partial charge in [-0.1, -0.05) is 13.3 Å². The zero-order chi connectivity index (χ0) is 12.4. The SMILES string of the molecule is CCCC(NC)c1cc2c(F)ccc(Br)c2o1. The molecule has 0 amide bonds. The molecule has 17 heavy (non-hydrogen) atoms. The molecule has 4 heteroatoms. The third-order valence-electron chi connectivity index (χ3n) is 2.87. The molecule has 2 nitrogen and oxygen atoms in total. The van der Waals surface area contributed by atoms with Crippen molar-refractivity contribution in [2.24, 2.45) is 0 Å². The first kappa shape index (κ1) is 12.6. The molecular weight excluding hydrogens is 285 g/mol. The first-order valence-electron chi connectivity index (χ1n) is 5.72. The molecule has 1 aromatic heterocycles. The first-order chi connectivity index (χ1) is 8.17. The summed E-state index contributed by atoms with van der Waals surface area (Å²) in [6, 6.07) is 5.03. The third-order valence-corrected chi connectivity index (χ3v) is 3.50. The lowest BCUT2D eigenvalue weighted by atomic mass is 10.1. The Kier molecular flexibility index (Phi) is 3.84. The van der Waals surface area contributed by atoms with Crippen LogP contribution in [0.15, 0.2) is 27.1 Å². The average molecular weight is 300 g/mol. The summed E-state index contributed by atoms with van der Waals surface area (Å²) in [6.45, 7) is 2.11. The molecule has 0 saturated heterocycles. The number of nitrogens with one attached hydrogen (secondary N) is 1. The van der Waals surface area contributed by atoms with Crippen LogP contribution in [0.4, 0.5) is 4.39 Å². The second-order valence-corrected chi connectivity index (χ2v) is 4.91. The fourth-order valence-electron chi connectivity index (χ4n) is 1.97. The lowest BCUT2D eigenvalue weighted by Gasteiger charge is -2.11. The van der Waals surface area contributed by atoms with Crippen LogP contribution in [0, 0.1) is 5.82 Å². The van der Waals surface area contributed by atoms with E-state index in [-0.39, 0.29) is 11.9 Å². The second kappa shape index (κ2) is 5.19. The van der Waals surface area contributed by atoms with Crippen molar-refractivity contribution in [2.75, 3.05) is 7.05 Å². The van der Waals surface area contributed by atoms with Gasteiger partial charge >= 0.3 is 0 Å². The van der Waals surface area contributed by atoms with Gasteiger partial charge in [-0.25, -0.2) is 4.39 Å². The number of hydrogen-bond donors (Lipinski definition) is 1. The van der Waals surface area contributed by atoms with Crippen molar-refractivity contribution in [3.05, 3.63) is 34.2 Å². The summed E-state index contributed by atoms with van der Waals surface area (Å²) in [6.07, 6.45) is 2.02. The molecule has 0 fully saturated rings. The highest BCUT2D eigenvalue weighted by Gasteiger charge is 2.16. The molecule has 1 aromatic carbocycles. The Bertz CT molecular complexity index is 484. The van der Waals surface area contributed by atoms with E-state index < -0.39 is 0 Å². The molecule has 1 N–H and O–H groups in total. The smallest absolute Gasteiger partial charge is 0.151 e. The van der Waals surface area contributed by atoms with Crippen molar-refractivity contribution in [3.8, 4) is 0 Å². The van der Waals surface area contributed by atoms with Gasteiger partial charge in [0.25, 0.3) is 0 Å². The molecule has 0 spiro atoms. The zero-order valence-electron chi connectivity index (χ0n) is 9.89. The van der Waals surface area contributed by atoms with Crippen LogP contribution in [0.5, 0.6) is 0 Å². The minimum atomic E-state index is -0.246. The third kappa shape index (κ3) is 2.38. The highest BCUT2D eigenvalue weighted by atomic mass is 79.9. The number of halogens is 2. The van der Waals surface area contributed by atoms with Crippen LogP contribution in [0.2, 0.25) is 0 Å². The first-order valence-corrected chi connectivity index (χ1v) is 6.51. The Balaban J connectivity index is 2.50. The Morgan fingerprint density at radius 3 is 2.82 bits per heavy atom. The van der Waals surface area contributed by atoms with Crippen molar-refractivity contribution < 1.29 is 8.81 Å². The minimum Gasteiger partial charge on any atom is -0.458 e. The average Bonchev–Trinajstić information content (AvgIpc) is 2.77. The van der Waals surface area contributed by atoms with Crippen LogP contribution in [0.1, 0.15) is 31.6 Å². The van der Waals surface area contributed by atoms with Gasteiger partial charge in [0.15, 0.2) is 5.58 Å². The van der Waals surface area contributed by atoms with E-state index in [9.17, 15) is 4.39 Å². The van der Waals surface area contributed by atoms with E-state index in [2.05, 4.69) is 28.2 Å². The molecule has 1 heterocycles. The number of benzene rings is 1. The highest BCUT2D eigenvalue weighted by Crippen LogP contribution is 2.32. The maximum atomic E-state index is 13.6. The van der Waals surface area contributed by atoms with Crippen LogP contribution < -0.4 is 5.32 Å². The van der Waals surface area contributed by atoms with Crippen molar-refractivity contribution >= 4 is 26.9 Å². The van der Waals surface area contributed by atoms with E-state index in [4.69, 9.17) is 4.42 Å². The standard InChI is InChI=1S/C13H15BrFNO/c1-3-4-11(16-2)12-7-8-10(15)6-5-9(14)13(8)17-12/h5-7,11,16H,3-4H2,1-2H3. The van der Waals surface area contributed by atoms with Crippen LogP contribution in [-0.4, -0.2) is 7.05 Å². The van der Waals surface area contributed by atoms with Crippen LogP contribution in [-0.2, 0) is 0 Å². The molecule has 0 radical (unpaired) electrons. The Morgan fingerprint density at radius 1 is 1.47 bits per heavy atom. The summed E-state index contributed by atoms with van der Waals surface area (Å²) >= 11 is 3.37. The summed E-state index contributed by atoms with van der Waals surface area (Å²) in [5.41, 5.74) is 0.580. The topological polar surface area (TPSA) is 25.2 Å². The van der Waals surface area contributed by atoms with Gasteiger partial charge in [-0.3, -0.25) is 0 Å². The lowest BCUT2D eigenvalue weighted by Crippen LogP contribution is -2.15. The molecule has 92 valence electrons. The van der Waals surface area contributed by atoms with Crippen molar-refractivity contribution in [1.29, 1.82) is 0 Å². The summed E-state index contributed by atoms with van der Waals surface area (Å²) < 4.78 is 20.2. The second-order valence-electron chi connectivity index (χ2n) is 4.05. The van der Waals surface area contributed by atoms with Crippen LogP contribution >= 0.6 is 15.9 Å². The molecule has 0 aliphatic carbocycles. The van der Waals surface area contributed by atoms with E-state index >= 15 is 0 Å². The summed E-state index contributed by atoms with van der Waals surface area (Å²) in [5.74, 6) is 0.541. The maximum absolute atomic E-state index is 13.6. The van der Waals surface area contributed by atoms with E-state index in [1.807, 2.05) is 7.05 Å². The molecular formula is C13H15BrFNO. The molecule has 0 aliphatic rings. The van der Waals surface area contributed by atoms with Crippen molar-refractivity contribution in [2.45, 2.75) is 25.8 Å². The van der Waals surface area contributed by atoms with Crippen LogP contribution in [0.3, 0.4) is 0 Å². The van der Waals surface area contributed by atoms with Gasteiger partial charge in [-0.2, -0.15) is 0 Å². The van der Waals surface area contributed by atoms with E-state index in [0.29, 0.717) is 11.0 Å². The van der Waals surface area contributed by atoms with Gasteiger partial charge < -0.3 is 9.73 Å². The minimum absolute atomic E-state index is 0.138. The van der Waals surface area contributed by atoms with E-state index in [0.717, 1.165) is 23.1 Å². The fourth-order valence-corrected chi connectivity index (χ4v) is 2.39. The summed E-state index contributed by atoms with van der Waals surface area (Å²) in [5, 5.41) is 3.72. The molecule has 0 bridgehead atoms. The molecule has 0 saturated carbocycles. The fraction of sp³-hybridized carbons (Fsp3) is 0.385. The van der Waals surface area contributed by atoms with Crippen molar-refractivity contribution in [1.82, 2.24) is 5.32 Å². The summed E-state index contributed by atoms with van der Waals surface area (Å²) in [7, 11) is 1.89. The van der Waals surface area contributed by atoms with Crippen molar-refractivity contribution in [3.63, 3.8) is 0 Å². The van der Waals surface area contributed by atoms with E-state index in [1.54, 1.807) is 12.1 Å². The Morgan fingerprint density at radius 2 is 2.24 bits per heavy atom. The number of fused-ring (bicyclic) bond motifs is 1. The maximum Gasteiger partial charge on any atom is 0.151 e. The van der Waals surface area contributed by atoms with Crippen LogP contribution in [0.25, 0.3) is 11.0 Å². The lowest BCUT2D eigenvalue weighted by molar-refractivity contribution is 0.429. The molecule has 1 unspecified atom stereocenters. The van der Waals surface area contributed by atoms with Gasteiger partial charge in [-0.15, -0.1) is 0 Å². The van der Waals surface area contributed by atoms with Gasteiger partial charge in [0.1, 0.15) is 11.6 Å². The van der Waals surface area contributed by atoms with Gasteiger partial charge in [0.05, 0.1) is 15.9 Å². The van der Waals surface area contributed by atoms with Gasteiger partial charge in [0.2, 0.25) is 0 Å². The zero-order valence-corrected chi connectivity index (χ0v) is 11.5. The normalized spacial score (nSPS) is 13.2. The van der Waals surface area contributed by atoms with Gasteiger partial charge in [-0.05, 0) is 47.6 Å². The largest absolute Gasteiger partial charge is 0.458 e. The molecule has 0 aliphatic heterocycles. The monoisotopic (exact) mass is 299 g/mol. The molecule has 1 atom stereocenters. The quantitative estimate of drug-likeness (QED) is 0.905. The van der Waals surface area contributed by atoms with Gasteiger partial charge in [0, 0.05) is 0 Å². The number of rotatable bonds is 4. The molecule has 2 rings (SSSR count). The Labute approximate surface area is 108 Å². The Hall–Kier alpha value is -0.870. The number of furan rings is 1.